The second-order valence-corrected chi connectivity index (χ2v) is 5.80. The minimum Gasteiger partial charge on any atom is -0.387 e. The van der Waals surface area contributed by atoms with Gasteiger partial charge in [0.05, 0.1) is 18.1 Å². The molecule has 0 unspecified atom stereocenters. The quantitative estimate of drug-likeness (QED) is 0.647. The van der Waals surface area contributed by atoms with Gasteiger partial charge in [-0.1, -0.05) is 48.6 Å². The van der Waals surface area contributed by atoms with Crippen LogP contribution in [0, 0.1) is 0 Å². The summed E-state index contributed by atoms with van der Waals surface area (Å²) in [6.45, 7) is 2.35. The van der Waals surface area contributed by atoms with Crippen LogP contribution in [0.3, 0.4) is 0 Å². The lowest BCUT2D eigenvalue weighted by atomic mass is 9.97. The first-order valence-electron chi connectivity index (χ1n) is 8.17. The molecule has 1 aliphatic rings. The van der Waals surface area contributed by atoms with Gasteiger partial charge in [0.15, 0.2) is 5.84 Å². The van der Waals surface area contributed by atoms with Crippen LogP contribution in [0.1, 0.15) is 36.6 Å². The van der Waals surface area contributed by atoms with Crippen molar-refractivity contribution in [3.05, 3.63) is 77.6 Å². The standard InChI is InChI=1S/C20H22N4/c1-15(21)24-20(23-14-16-8-4-2-5-9-16)19-18(12-13-22-19)17-10-6-3-7-11-17/h2-6,8-10,12-13,22H,7,11,14H2,1H3,(H2,21,23,24). The molecule has 1 aromatic heterocycles. The van der Waals surface area contributed by atoms with Crippen molar-refractivity contribution in [1.82, 2.24) is 4.98 Å². The number of amidine groups is 2. The maximum atomic E-state index is 5.83. The first kappa shape index (κ1) is 16.0. The molecule has 0 radical (unpaired) electrons. The smallest absolute Gasteiger partial charge is 0.174 e. The number of benzene rings is 1. The molecule has 1 aliphatic carbocycles. The molecule has 0 fully saturated rings. The van der Waals surface area contributed by atoms with E-state index in [9.17, 15) is 0 Å². The molecule has 122 valence electrons. The molecule has 0 saturated heterocycles. The Bertz CT molecular complexity index is 803. The number of rotatable bonds is 4. The lowest BCUT2D eigenvalue weighted by Crippen LogP contribution is -2.12. The summed E-state index contributed by atoms with van der Waals surface area (Å²) < 4.78 is 0. The Morgan fingerprint density at radius 3 is 2.75 bits per heavy atom. The van der Waals surface area contributed by atoms with Crippen molar-refractivity contribution in [2.24, 2.45) is 15.7 Å². The normalized spacial score (nSPS) is 15.5. The summed E-state index contributed by atoms with van der Waals surface area (Å²) in [5, 5.41) is 0. The van der Waals surface area contributed by atoms with Gasteiger partial charge in [-0.2, -0.15) is 0 Å². The molecule has 0 atom stereocenters. The largest absolute Gasteiger partial charge is 0.387 e. The molecule has 3 N–H and O–H groups in total. The van der Waals surface area contributed by atoms with Crippen LogP contribution in [-0.2, 0) is 6.54 Å². The van der Waals surface area contributed by atoms with E-state index in [0.717, 1.165) is 29.7 Å². The van der Waals surface area contributed by atoms with E-state index in [0.29, 0.717) is 18.2 Å². The van der Waals surface area contributed by atoms with Crippen molar-refractivity contribution in [3.63, 3.8) is 0 Å². The Labute approximate surface area is 142 Å². The monoisotopic (exact) mass is 318 g/mol. The van der Waals surface area contributed by atoms with Crippen LogP contribution in [0.5, 0.6) is 0 Å². The van der Waals surface area contributed by atoms with Gasteiger partial charge in [0.2, 0.25) is 0 Å². The van der Waals surface area contributed by atoms with Gasteiger partial charge < -0.3 is 10.7 Å². The number of nitrogens with two attached hydrogens (primary N) is 1. The SMILES string of the molecule is CC(N)=NC(=NCc1ccccc1)c1[nH]ccc1C1=CC=CCC1. The number of hydrogen-bond donors (Lipinski definition) is 2. The summed E-state index contributed by atoms with van der Waals surface area (Å²) in [6, 6.07) is 12.2. The van der Waals surface area contributed by atoms with Crippen LogP contribution < -0.4 is 5.73 Å². The van der Waals surface area contributed by atoms with E-state index >= 15 is 0 Å². The number of H-pyrrole nitrogens is 1. The first-order chi connectivity index (χ1) is 11.7. The highest BCUT2D eigenvalue weighted by Gasteiger charge is 2.14. The van der Waals surface area contributed by atoms with Gasteiger partial charge in [-0.25, -0.2) is 4.99 Å². The first-order valence-corrected chi connectivity index (χ1v) is 8.17. The number of allylic oxidation sites excluding steroid dienone is 4. The molecule has 0 saturated carbocycles. The molecule has 4 nitrogen and oxygen atoms in total. The predicted molar refractivity (Wildman–Crippen MR) is 101 cm³/mol. The van der Waals surface area contributed by atoms with Gasteiger partial charge in [-0.15, -0.1) is 0 Å². The van der Waals surface area contributed by atoms with Gasteiger partial charge in [-0.05, 0) is 37.0 Å². The third kappa shape index (κ3) is 3.90. The summed E-state index contributed by atoms with van der Waals surface area (Å²) in [5.41, 5.74) is 10.3. The molecule has 0 spiro atoms. The molecular formula is C20H22N4. The van der Waals surface area contributed by atoms with E-state index in [1.54, 1.807) is 6.92 Å². The molecule has 2 aromatic rings. The Hall–Kier alpha value is -2.88. The molecule has 0 aliphatic heterocycles. The molecule has 3 rings (SSSR count). The highest BCUT2D eigenvalue weighted by atomic mass is 15.0. The molecule has 0 bridgehead atoms. The fourth-order valence-electron chi connectivity index (χ4n) is 2.74. The fraction of sp³-hybridized carbons (Fsp3) is 0.200. The van der Waals surface area contributed by atoms with E-state index in [1.165, 1.54) is 5.57 Å². The van der Waals surface area contributed by atoms with Gasteiger partial charge in [-0.3, -0.25) is 4.99 Å². The lowest BCUT2D eigenvalue weighted by molar-refractivity contribution is 1.04. The second kappa shape index (κ2) is 7.59. The van der Waals surface area contributed by atoms with Crippen molar-refractivity contribution in [2.75, 3.05) is 0 Å². The van der Waals surface area contributed by atoms with Gasteiger partial charge in [0, 0.05) is 11.8 Å². The fourth-order valence-corrected chi connectivity index (χ4v) is 2.74. The minimum absolute atomic E-state index is 0.500. The van der Waals surface area contributed by atoms with Crippen LogP contribution in [-0.4, -0.2) is 16.7 Å². The third-order valence-electron chi connectivity index (χ3n) is 3.87. The number of nitrogens with zero attached hydrogens (tertiary/aromatic N) is 2. The Balaban J connectivity index is 1.95. The Morgan fingerprint density at radius 1 is 1.21 bits per heavy atom. The van der Waals surface area contributed by atoms with Crippen molar-refractivity contribution >= 4 is 17.2 Å². The van der Waals surface area contributed by atoms with Crippen molar-refractivity contribution < 1.29 is 0 Å². The number of nitrogens with one attached hydrogen (secondary N) is 1. The maximum absolute atomic E-state index is 5.83. The van der Waals surface area contributed by atoms with Crippen LogP contribution in [0.25, 0.3) is 5.57 Å². The number of hydrogen-bond acceptors (Lipinski definition) is 1. The van der Waals surface area contributed by atoms with E-state index in [-0.39, 0.29) is 0 Å². The van der Waals surface area contributed by atoms with Gasteiger partial charge >= 0.3 is 0 Å². The van der Waals surface area contributed by atoms with Crippen LogP contribution in [0.15, 0.2) is 70.8 Å². The van der Waals surface area contributed by atoms with Crippen LogP contribution in [0.2, 0.25) is 0 Å². The molecule has 4 heteroatoms. The number of aromatic amines is 1. The minimum atomic E-state index is 0.500. The van der Waals surface area contributed by atoms with E-state index in [1.807, 2.05) is 24.4 Å². The second-order valence-electron chi connectivity index (χ2n) is 5.80. The zero-order valence-corrected chi connectivity index (χ0v) is 13.9. The van der Waals surface area contributed by atoms with E-state index < -0.39 is 0 Å². The molecule has 24 heavy (non-hydrogen) atoms. The molecular weight excluding hydrogens is 296 g/mol. The maximum Gasteiger partial charge on any atom is 0.174 e. The van der Waals surface area contributed by atoms with Crippen LogP contribution in [0.4, 0.5) is 0 Å². The van der Waals surface area contributed by atoms with E-state index in [4.69, 9.17) is 10.7 Å². The van der Waals surface area contributed by atoms with Crippen molar-refractivity contribution in [1.29, 1.82) is 0 Å². The topological polar surface area (TPSA) is 66.5 Å². The Morgan fingerprint density at radius 2 is 2.04 bits per heavy atom. The predicted octanol–water partition coefficient (Wildman–Crippen LogP) is 4.07. The molecule has 1 heterocycles. The summed E-state index contributed by atoms with van der Waals surface area (Å²) in [6.07, 6.45) is 10.5. The highest BCUT2D eigenvalue weighted by Crippen LogP contribution is 2.26. The lowest BCUT2D eigenvalue weighted by Gasteiger charge is -2.10. The molecule has 0 amide bonds. The molecule has 1 aromatic carbocycles. The third-order valence-corrected chi connectivity index (χ3v) is 3.87. The number of aliphatic imine (C=N–C) groups is 2. The van der Waals surface area contributed by atoms with Gasteiger partial charge in [0.25, 0.3) is 0 Å². The van der Waals surface area contributed by atoms with Crippen LogP contribution >= 0.6 is 0 Å². The Kier molecular flexibility index (Phi) is 5.06. The summed E-state index contributed by atoms with van der Waals surface area (Å²) >= 11 is 0. The van der Waals surface area contributed by atoms with Crippen molar-refractivity contribution in [2.45, 2.75) is 26.3 Å². The summed E-state index contributed by atoms with van der Waals surface area (Å²) in [5.74, 6) is 1.15. The average molecular weight is 318 g/mol. The zero-order valence-electron chi connectivity index (χ0n) is 13.9. The average Bonchev–Trinajstić information content (AvgIpc) is 3.09. The van der Waals surface area contributed by atoms with Gasteiger partial charge in [0.1, 0.15) is 0 Å². The van der Waals surface area contributed by atoms with Crippen molar-refractivity contribution in [3.8, 4) is 0 Å². The summed E-state index contributed by atoms with van der Waals surface area (Å²) in [4.78, 5) is 12.4. The van der Waals surface area contributed by atoms with E-state index in [2.05, 4.69) is 46.4 Å². The summed E-state index contributed by atoms with van der Waals surface area (Å²) in [7, 11) is 0. The zero-order chi connectivity index (χ0) is 16.8. The highest BCUT2D eigenvalue weighted by molar-refractivity contribution is 6.07. The number of aromatic nitrogens is 1.